The van der Waals surface area contributed by atoms with E-state index in [0.29, 0.717) is 31.8 Å². The minimum absolute atomic E-state index is 0.0880. The van der Waals surface area contributed by atoms with Crippen molar-refractivity contribution in [1.29, 1.82) is 0 Å². The molecule has 0 saturated carbocycles. The van der Waals surface area contributed by atoms with E-state index in [4.69, 9.17) is 14.5 Å². The summed E-state index contributed by atoms with van der Waals surface area (Å²) in [5, 5.41) is 21.0. The summed E-state index contributed by atoms with van der Waals surface area (Å²) in [5.74, 6) is 0.445. The number of aliphatic carboxylic acids is 1. The summed E-state index contributed by atoms with van der Waals surface area (Å²) in [6.45, 7) is 2.87. The Morgan fingerprint density at radius 3 is 2.72 bits per heavy atom. The van der Waals surface area contributed by atoms with E-state index >= 15 is 0 Å². The molecular formula is C29H33NO5S. The van der Waals surface area contributed by atoms with Crippen LogP contribution in [0.3, 0.4) is 0 Å². The summed E-state index contributed by atoms with van der Waals surface area (Å²) in [6.07, 6.45) is 7.69. The first-order valence-electron chi connectivity index (χ1n) is 13.0. The Bertz CT molecular complexity index is 1210. The van der Waals surface area contributed by atoms with Gasteiger partial charge in [-0.25, -0.2) is 4.98 Å². The summed E-state index contributed by atoms with van der Waals surface area (Å²) in [6, 6.07) is 11.5. The van der Waals surface area contributed by atoms with Gasteiger partial charge < -0.3 is 19.7 Å². The predicted molar refractivity (Wildman–Crippen MR) is 140 cm³/mol. The first kappa shape index (κ1) is 24.6. The molecule has 0 fully saturated rings. The first-order valence-corrected chi connectivity index (χ1v) is 13.8. The van der Waals surface area contributed by atoms with Gasteiger partial charge in [0.15, 0.2) is 11.5 Å². The normalized spacial score (nSPS) is 17.3. The molecule has 1 aromatic heterocycles. The molecule has 2 aliphatic rings. The molecule has 0 radical (unpaired) electrons. The molecule has 36 heavy (non-hydrogen) atoms. The third-order valence-corrected chi connectivity index (χ3v) is 8.55. The Kier molecular flexibility index (Phi) is 7.46. The number of fused-ring (bicyclic) bond motifs is 2. The van der Waals surface area contributed by atoms with Gasteiger partial charge in [0.1, 0.15) is 10.8 Å². The van der Waals surface area contributed by atoms with Crippen molar-refractivity contribution in [3.8, 4) is 27.8 Å². The van der Waals surface area contributed by atoms with Crippen LogP contribution in [0.15, 0.2) is 36.4 Å². The summed E-state index contributed by atoms with van der Waals surface area (Å²) in [7, 11) is 0. The second-order valence-electron chi connectivity index (χ2n) is 9.69. The number of hydrogen-bond acceptors (Lipinski definition) is 6. The topological polar surface area (TPSA) is 88.9 Å². The number of aryl methyl sites for hydroxylation is 3. The number of thiazole rings is 1. The number of phenols is 1. The fourth-order valence-electron chi connectivity index (χ4n) is 5.44. The highest BCUT2D eigenvalue weighted by Gasteiger charge is 2.33. The van der Waals surface area contributed by atoms with Crippen LogP contribution in [0.25, 0.3) is 10.6 Å². The lowest BCUT2D eigenvalue weighted by Crippen LogP contribution is -2.19. The van der Waals surface area contributed by atoms with Crippen LogP contribution in [0, 0.1) is 5.92 Å². The van der Waals surface area contributed by atoms with Gasteiger partial charge in [-0.15, -0.1) is 11.3 Å². The third kappa shape index (κ3) is 5.21. The van der Waals surface area contributed by atoms with Crippen molar-refractivity contribution in [2.45, 2.75) is 64.2 Å². The highest BCUT2D eigenvalue weighted by molar-refractivity contribution is 7.15. The zero-order valence-electron chi connectivity index (χ0n) is 20.7. The number of nitrogens with zero attached hydrogens (tertiary/aromatic N) is 1. The minimum atomic E-state index is -0.710. The largest absolute Gasteiger partial charge is 0.504 e. The van der Waals surface area contributed by atoms with E-state index < -0.39 is 5.97 Å². The van der Waals surface area contributed by atoms with E-state index in [1.54, 1.807) is 17.4 Å². The van der Waals surface area contributed by atoms with Gasteiger partial charge in [-0.2, -0.15) is 0 Å². The van der Waals surface area contributed by atoms with Crippen molar-refractivity contribution >= 4 is 17.3 Å². The smallest absolute Gasteiger partial charge is 0.307 e. The highest BCUT2D eigenvalue weighted by Crippen LogP contribution is 2.41. The molecule has 0 aliphatic heterocycles. The van der Waals surface area contributed by atoms with Crippen molar-refractivity contribution in [1.82, 2.24) is 4.98 Å². The Labute approximate surface area is 215 Å². The molecule has 0 saturated heterocycles. The lowest BCUT2D eigenvalue weighted by Gasteiger charge is -2.19. The Hall–Kier alpha value is -3.06. The van der Waals surface area contributed by atoms with Crippen LogP contribution in [-0.4, -0.2) is 34.4 Å². The second kappa shape index (κ2) is 10.9. The SMILES string of the molecule is CCC(C(=O)O)[C@@H]1CCc2cc(OCCCOc3ccc(-c4nc5c(s4)CCCC5)cc3O)ccc21. The average Bonchev–Trinajstić information content (AvgIpc) is 3.49. The number of aromatic nitrogens is 1. The van der Waals surface area contributed by atoms with E-state index in [2.05, 4.69) is 0 Å². The van der Waals surface area contributed by atoms with E-state index in [1.165, 1.54) is 29.0 Å². The van der Waals surface area contributed by atoms with Crippen molar-refractivity contribution in [3.05, 3.63) is 58.1 Å². The molecule has 0 bridgehead atoms. The molecular weight excluding hydrogens is 474 g/mol. The van der Waals surface area contributed by atoms with Gasteiger partial charge in [-0.1, -0.05) is 13.0 Å². The molecule has 6 nitrogen and oxygen atoms in total. The Morgan fingerprint density at radius 2 is 1.94 bits per heavy atom. The number of carboxylic acids is 1. The van der Waals surface area contributed by atoms with E-state index in [9.17, 15) is 15.0 Å². The van der Waals surface area contributed by atoms with E-state index in [0.717, 1.165) is 47.6 Å². The number of carbonyl (C=O) groups is 1. The van der Waals surface area contributed by atoms with Crippen molar-refractivity contribution in [3.63, 3.8) is 0 Å². The van der Waals surface area contributed by atoms with Crippen molar-refractivity contribution < 1.29 is 24.5 Å². The first-order chi connectivity index (χ1) is 17.5. The fourth-order valence-corrected chi connectivity index (χ4v) is 6.59. The minimum Gasteiger partial charge on any atom is -0.504 e. The number of carboxylic acid groups (broad SMARTS) is 1. The van der Waals surface area contributed by atoms with Crippen LogP contribution in [0.1, 0.15) is 66.6 Å². The predicted octanol–water partition coefficient (Wildman–Crippen LogP) is 6.38. The zero-order valence-corrected chi connectivity index (χ0v) is 21.5. The molecule has 1 unspecified atom stereocenters. The quantitative estimate of drug-likeness (QED) is 0.310. The number of hydrogen-bond donors (Lipinski definition) is 2. The Morgan fingerprint density at radius 1 is 1.11 bits per heavy atom. The molecule has 2 aromatic carbocycles. The average molecular weight is 508 g/mol. The van der Waals surface area contributed by atoms with Gasteiger partial charge >= 0.3 is 5.97 Å². The van der Waals surface area contributed by atoms with Crippen molar-refractivity contribution in [2.24, 2.45) is 5.92 Å². The molecule has 5 rings (SSSR count). The highest BCUT2D eigenvalue weighted by atomic mass is 32.1. The van der Waals surface area contributed by atoms with Gasteiger partial charge in [-0.3, -0.25) is 4.79 Å². The van der Waals surface area contributed by atoms with Crippen molar-refractivity contribution in [2.75, 3.05) is 13.2 Å². The van der Waals surface area contributed by atoms with Crippen LogP contribution < -0.4 is 9.47 Å². The van der Waals surface area contributed by atoms with Crippen LogP contribution in [0.2, 0.25) is 0 Å². The van der Waals surface area contributed by atoms with E-state index in [1.807, 2.05) is 37.3 Å². The molecule has 2 aliphatic carbocycles. The van der Waals surface area contributed by atoms with Gasteiger partial charge in [0.05, 0.1) is 24.8 Å². The monoisotopic (exact) mass is 507 g/mol. The molecule has 0 amide bonds. The Balaban J connectivity index is 1.11. The molecule has 2 N–H and O–H groups in total. The van der Waals surface area contributed by atoms with Gasteiger partial charge in [-0.05, 0) is 92.3 Å². The molecule has 0 spiro atoms. The lowest BCUT2D eigenvalue weighted by atomic mass is 9.85. The van der Waals surface area contributed by atoms with Crippen LogP contribution in [0.4, 0.5) is 0 Å². The lowest BCUT2D eigenvalue weighted by molar-refractivity contribution is -0.142. The molecule has 3 aromatic rings. The molecule has 1 heterocycles. The summed E-state index contributed by atoms with van der Waals surface area (Å²) in [4.78, 5) is 17.7. The molecule has 190 valence electrons. The number of benzene rings is 2. The maximum absolute atomic E-state index is 11.6. The summed E-state index contributed by atoms with van der Waals surface area (Å²) in [5.41, 5.74) is 4.49. The maximum Gasteiger partial charge on any atom is 0.307 e. The van der Waals surface area contributed by atoms with Crippen LogP contribution >= 0.6 is 11.3 Å². The maximum atomic E-state index is 11.6. The number of phenolic OH excluding ortho intramolecular Hbond substituents is 1. The number of rotatable bonds is 10. The fraction of sp³-hybridized carbons (Fsp3) is 0.448. The summed E-state index contributed by atoms with van der Waals surface area (Å²) < 4.78 is 11.7. The van der Waals surface area contributed by atoms with Crippen LogP contribution in [-0.2, 0) is 24.1 Å². The molecule has 7 heteroatoms. The molecule has 2 atom stereocenters. The second-order valence-corrected chi connectivity index (χ2v) is 10.8. The van der Waals surface area contributed by atoms with Gasteiger partial charge in [0.2, 0.25) is 0 Å². The zero-order chi connectivity index (χ0) is 25.1. The third-order valence-electron chi connectivity index (χ3n) is 7.35. The van der Waals surface area contributed by atoms with Gasteiger partial charge in [0, 0.05) is 16.9 Å². The summed E-state index contributed by atoms with van der Waals surface area (Å²) >= 11 is 1.73. The number of aromatic hydroxyl groups is 1. The van der Waals surface area contributed by atoms with Gasteiger partial charge in [0.25, 0.3) is 0 Å². The van der Waals surface area contributed by atoms with Crippen LogP contribution in [0.5, 0.6) is 17.2 Å². The standard InChI is InChI=1S/C29H33NO5S/c1-2-21(29(32)33)23-11-8-18-16-20(10-12-22(18)23)34-14-5-15-35-26-13-9-19(17-25(26)31)28-30-24-6-3-4-7-27(24)36-28/h9-10,12-13,16-17,21,23,31H,2-8,11,14-15H2,1H3,(H,32,33)/t21?,23-/m0/s1. The van der Waals surface area contributed by atoms with E-state index in [-0.39, 0.29) is 17.6 Å². The number of ether oxygens (including phenoxy) is 2.